The molecule has 19 heavy (non-hydrogen) atoms. The molecule has 0 aliphatic rings. The summed E-state index contributed by atoms with van der Waals surface area (Å²) in [6.45, 7) is 2.92. The first-order valence-electron chi connectivity index (χ1n) is 4.86. The Morgan fingerprint density at radius 3 is 1.68 bits per heavy atom. The van der Waals surface area contributed by atoms with E-state index in [1.54, 1.807) is 5.73 Å². The van der Waals surface area contributed by atoms with E-state index in [4.69, 9.17) is 0 Å². The van der Waals surface area contributed by atoms with Crippen molar-refractivity contribution < 1.29 is 31.4 Å². The first-order valence-corrected chi connectivity index (χ1v) is 4.86. The van der Waals surface area contributed by atoms with E-state index in [2.05, 4.69) is 6.58 Å². The van der Waals surface area contributed by atoms with E-state index in [1.165, 1.54) is 0 Å². The highest BCUT2D eigenvalue weighted by molar-refractivity contribution is 5.33. The van der Waals surface area contributed by atoms with Crippen molar-refractivity contribution in [3.8, 4) is 0 Å². The molecule has 0 spiro atoms. The number of rotatable bonds is 2. The molecule has 0 heterocycles. The summed E-state index contributed by atoms with van der Waals surface area (Å²) in [5.74, 6) is 0. The maximum Gasteiger partial charge on any atom is 0.425 e. The van der Waals surface area contributed by atoms with Crippen LogP contribution >= 0.6 is 0 Å². The van der Waals surface area contributed by atoms with E-state index >= 15 is 0 Å². The molecule has 0 saturated carbocycles. The Morgan fingerprint density at radius 1 is 0.947 bits per heavy atom. The zero-order valence-corrected chi connectivity index (χ0v) is 9.31. The van der Waals surface area contributed by atoms with Crippen LogP contribution < -0.4 is 0 Å². The van der Waals surface area contributed by atoms with Gasteiger partial charge in [-0.25, -0.2) is 0 Å². The third-order valence-corrected chi connectivity index (χ3v) is 2.40. The Morgan fingerprint density at radius 2 is 1.37 bits per heavy atom. The van der Waals surface area contributed by atoms with Crippen LogP contribution in [0.2, 0.25) is 0 Å². The topological polar surface area (TPSA) is 20.2 Å². The molecule has 0 saturated heterocycles. The number of halogens is 6. The Balaban J connectivity index is 3.31. The Bertz CT molecular complexity index is 492. The third kappa shape index (κ3) is 3.00. The van der Waals surface area contributed by atoms with Gasteiger partial charge in [-0.05, 0) is 17.7 Å². The average Bonchev–Trinajstić information content (AvgIpc) is 2.27. The number of benzene rings is 1. The van der Waals surface area contributed by atoms with Crippen LogP contribution in [-0.2, 0) is 11.8 Å². The van der Waals surface area contributed by atoms with Crippen molar-refractivity contribution in [1.82, 2.24) is 0 Å². The van der Waals surface area contributed by atoms with Gasteiger partial charge in [0.1, 0.15) is 0 Å². The maximum absolute atomic E-state index is 12.7. The van der Waals surface area contributed by atoms with E-state index in [0.29, 0.717) is 24.3 Å². The van der Waals surface area contributed by atoms with Gasteiger partial charge in [-0.3, -0.25) is 0 Å². The fourth-order valence-electron chi connectivity index (χ4n) is 1.39. The Kier molecular flexibility index (Phi) is 3.84. The molecule has 0 aromatic heterocycles. The third-order valence-electron chi connectivity index (χ3n) is 2.40. The van der Waals surface area contributed by atoms with E-state index < -0.39 is 29.1 Å². The van der Waals surface area contributed by atoms with E-state index in [1.807, 2.05) is 0 Å². The first-order chi connectivity index (χ1) is 8.52. The first kappa shape index (κ1) is 15.3. The van der Waals surface area contributed by atoms with Crippen LogP contribution in [0.25, 0.3) is 0 Å². The highest BCUT2D eigenvalue weighted by atomic mass is 19.4. The average molecular weight is 282 g/mol. The molecule has 0 amide bonds. The van der Waals surface area contributed by atoms with Gasteiger partial charge in [-0.2, -0.15) is 26.3 Å². The molecule has 1 aromatic rings. The van der Waals surface area contributed by atoms with Crippen molar-refractivity contribution in [3.63, 3.8) is 0 Å². The molecule has 1 nitrogen and oxygen atoms in total. The summed E-state index contributed by atoms with van der Waals surface area (Å²) in [6.07, 6.45) is -9.52. The fraction of sp³-hybridized carbons (Fsp3) is 0.250. The summed E-state index contributed by atoms with van der Waals surface area (Å²) >= 11 is 0. The minimum atomic E-state index is -5.10. The lowest BCUT2D eigenvalue weighted by Crippen LogP contribution is -2.40. The van der Waals surface area contributed by atoms with Gasteiger partial charge in [-0.1, -0.05) is 18.7 Å². The highest BCUT2D eigenvalue weighted by Gasteiger charge is 2.53. The Labute approximate surface area is 104 Å². The molecular formula is C12H8F6O. The fourth-order valence-corrected chi connectivity index (χ4v) is 1.39. The van der Waals surface area contributed by atoms with Gasteiger partial charge in [0.05, 0.1) is 5.56 Å². The zero-order valence-electron chi connectivity index (χ0n) is 9.31. The summed E-state index contributed by atoms with van der Waals surface area (Å²) in [6, 6.07) is 2.04. The second-order valence-electron chi connectivity index (χ2n) is 3.69. The van der Waals surface area contributed by atoms with Gasteiger partial charge < -0.3 is 5.11 Å². The molecule has 1 N–H and O–H groups in total. The second kappa shape index (κ2) is 4.75. The van der Waals surface area contributed by atoms with Crippen LogP contribution in [0.1, 0.15) is 11.1 Å². The van der Waals surface area contributed by atoms with E-state index in [9.17, 15) is 31.4 Å². The standard InChI is InChI=1S/C12H8F6O/c1-2-7-10(19,12(16,17)18)8-3-5-9(6-4-8)11(13,14)15/h3-7,19H,1H2/t10-/m1/s1. The highest BCUT2D eigenvalue weighted by Crippen LogP contribution is 2.40. The largest absolute Gasteiger partial charge is 0.425 e. The lowest BCUT2D eigenvalue weighted by molar-refractivity contribution is -0.245. The second-order valence-corrected chi connectivity index (χ2v) is 3.69. The quantitative estimate of drug-likeness (QED) is 0.646. The van der Waals surface area contributed by atoms with Gasteiger partial charge >= 0.3 is 12.4 Å². The predicted molar refractivity (Wildman–Crippen MR) is 55.1 cm³/mol. The maximum atomic E-state index is 12.7. The number of alkyl halides is 6. The zero-order chi connectivity index (χ0) is 14.9. The van der Waals surface area contributed by atoms with Gasteiger partial charge in [0, 0.05) is 6.08 Å². The van der Waals surface area contributed by atoms with Crippen LogP contribution in [0.15, 0.2) is 42.7 Å². The van der Waals surface area contributed by atoms with Gasteiger partial charge in [-0.15, -0.1) is 5.73 Å². The van der Waals surface area contributed by atoms with E-state index in [0.717, 1.165) is 0 Å². The normalized spacial score (nSPS) is 15.5. The molecule has 0 aliphatic carbocycles. The lowest BCUT2D eigenvalue weighted by atomic mass is 9.92. The minimum Gasteiger partial charge on any atom is -0.372 e. The smallest absolute Gasteiger partial charge is 0.372 e. The van der Waals surface area contributed by atoms with Crippen molar-refractivity contribution >= 4 is 0 Å². The molecule has 0 radical (unpaired) electrons. The summed E-state index contributed by atoms with van der Waals surface area (Å²) in [5, 5.41) is 9.55. The summed E-state index contributed by atoms with van der Waals surface area (Å²) < 4.78 is 75.1. The van der Waals surface area contributed by atoms with Gasteiger partial charge in [0.15, 0.2) is 0 Å². The lowest BCUT2D eigenvalue weighted by Gasteiger charge is -2.27. The van der Waals surface area contributed by atoms with E-state index in [-0.39, 0.29) is 6.08 Å². The molecule has 0 fully saturated rings. The van der Waals surface area contributed by atoms with Crippen LogP contribution in [0, 0.1) is 0 Å². The minimum absolute atomic E-state index is 0.246. The molecule has 1 aromatic carbocycles. The molecule has 0 aliphatic heterocycles. The number of aliphatic hydroxyl groups is 1. The summed E-state index contributed by atoms with van der Waals surface area (Å²) in [5.41, 5.74) is -3.48. The molecular weight excluding hydrogens is 274 g/mol. The predicted octanol–water partition coefficient (Wildman–Crippen LogP) is 3.80. The van der Waals surface area contributed by atoms with Gasteiger partial charge in [0.25, 0.3) is 0 Å². The molecule has 0 bridgehead atoms. The molecule has 7 heteroatoms. The van der Waals surface area contributed by atoms with Crippen molar-refractivity contribution in [2.24, 2.45) is 0 Å². The SMILES string of the molecule is C=C=C[C@@](O)(c1ccc(C(F)(F)F)cc1)C(F)(F)F. The van der Waals surface area contributed by atoms with Crippen molar-refractivity contribution in [3.05, 3.63) is 53.8 Å². The Hall–Kier alpha value is -1.72. The monoisotopic (exact) mass is 282 g/mol. The van der Waals surface area contributed by atoms with Crippen LogP contribution in [0.3, 0.4) is 0 Å². The summed E-state index contributed by atoms with van der Waals surface area (Å²) in [4.78, 5) is 0. The van der Waals surface area contributed by atoms with Gasteiger partial charge in [0.2, 0.25) is 5.60 Å². The van der Waals surface area contributed by atoms with Crippen LogP contribution in [0.4, 0.5) is 26.3 Å². The molecule has 0 unspecified atom stereocenters. The molecule has 1 rings (SSSR count). The summed E-state index contributed by atoms with van der Waals surface area (Å²) in [7, 11) is 0. The van der Waals surface area contributed by atoms with Crippen molar-refractivity contribution in [2.45, 2.75) is 18.0 Å². The molecule has 104 valence electrons. The van der Waals surface area contributed by atoms with Crippen molar-refractivity contribution in [2.75, 3.05) is 0 Å². The van der Waals surface area contributed by atoms with Crippen LogP contribution in [-0.4, -0.2) is 11.3 Å². The number of hydrogen-bond acceptors (Lipinski definition) is 1. The molecule has 1 atom stereocenters. The van der Waals surface area contributed by atoms with Crippen molar-refractivity contribution in [1.29, 1.82) is 0 Å². The van der Waals surface area contributed by atoms with Crippen LogP contribution in [0.5, 0.6) is 0 Å². The number of hydrogen-bond donors (Lipinski definition) is 1.